The second kappa shape index (κ2) is 5.92. The Kier molecular flexibility index (Phi) is 4.27. The van der Waals surface area contributed by atoms with Gasteiger partial charge in [0.2, 0.25) is 0 Å². The van der Waals surface area contributed by atoms with Gasteiger partial charge in [-0.2, -0.15) is 0 Å². The normalized spacial score (nSPS) is 10.5. The fraction of sp³-hybridized carbons (Fsp3) is 0.400. The van der Waals surface area contributed by atoms with Gasteiger partial charge >= 0.3 is 0 Å². The third-order valence-corrected chi connectivity index (χ3v) is 3.78. The molecule has 0 spiro atoms. The summed E-state index contributed by atoms with van der Waals surface area (Å²) in [6, 6.07) is 1.95. The maximum absolute atomic E-state index is 4.44. The van der Waals surface area contributed by atoms with Gasteiger partial charge in [0, 0.05) is 18.3 Å². The van der Waals surface area contributed by atoms with Crippen LogP contribution in [0, 0.1) is 6.92 Å². The van der Waals surface area contributed by atoms with Crippen LogP contribution in [0.2, 0.25) is 0 Å². The van der Waals surface area contributed by atoms with Crippen LogP contribution in [0.5, 0.6) is 0 Å². The molecule has 0 atom stereocenters. The Morgan fingerprint density at radius 2 is 2.29 bits per heavy atom. The Labute approximate surface area is 108 Å². The molecule has 0 aliphatic rings. The first-order valence-electron chi connectivity index (χ1n) is 5.25. The number of anilines is 1. The SMILES string of the molecule is CCNc1cc(C)nc(CSc2nncs2)n1. The number of hydrogen-bond donors (Lipinski definition) is 1. The van der Waals surface area contributed by atoms with Gasteiger partial charge in [-0.1, -0.05) is 23.1 Å². The largest absolute Gasteiger partial charge is 0.370 e. The van der Waals surface area contributed by atoms with Crippen molar-refractivity contribution < 1.29 is 0 Å². The van der Waals surface area contributed by atoms with Gasteiger partial charge in [-0.05, 0) is 13.8 Å². The van der Waals surface area contributed by atoms with Crippen molar-refractivity contribution in [3.8, 4) is 0 Å². The van der Waals surface area contributed by atoms with Crippen LogP contribution in [0.25, 0.3) is 0 Å². The minimum absolute atomic E-state index is 0.718. The van der Waals surface area contributed by atoms with Gasteiger partial charge in [0.1, 0.15) is 17.2 Å². The Hall–Kier alpha value is -1.21. The van der Waals surface area contributed by atoms with Crippen molar-refractivity contribution in [1.82, 2.24) is 20.2 Å². The Balaban J connectivity index is 2.04. The molecule has 2 rings (SSSR count). The van der Waals surface area contributed by atoms with Gasteiger partial charge < -0.3 is 5.32 Å². The van der Waals surface area contributed by atoms with Crippen molar-refractivity contribution in [2.24, 2.45) is 0 Å². The molecule has 0 aromatic carbocycles. The summed E-state index contributed by atoms with van der Waals surface area (Å²) < 4.78 is 0.945. The lowest BCUT2D eigenvalue weighted by molar-refractivity contribution is 0.978. The van der Waals surface area contributed by atoms with E-state index in [-0.39, 0.29) is 0 Å². The number of aryl methyl sites for hydroxylation is 1. The first-order valence-corrected chi connectivity index (χ1v) is 7.12. The third kappa shape index (κ3) is 3.64. The van der Waals surface area contributed by atoms with Crippen LogP contribution >= 0.6 is 23.1 Å². The van der Waals surface area contributed by atoms with Crippen molar-refractivity contribution in [3.05, 3.63) is 23.1 Å². The number of aromatic nitrogens is 4. The van der Waals surface area contributed by atoms with Crippen LogP contribution in [-0.4, -0.2) is 26.7 Å². The van der Waals surface area contributed by atoms with Gasteiger partial charge in [0.05, 0.1) is 5.75 Å². The van der Waals surface area contributed by atoms with Gasteiger partial charge in [-0.25, -0.2) is 9.97 Å². The van der Waals surface area contributed by atoms with E-state index in [4.69, 9.17) is 0 Å². The van der Waals surface area contributed by atoms with Gasteiger partial charge in [0.25, 0.3) is 0 Å². The molecule has 1 N–H and O–H groups in total. The predicted molar refractivity (Wildman–Crippen MR) is 70.4 cm³/mol. The summed E-state index contributed by atoms with van der Waals surface area (Å²) >= 11 is 3.14. The Morgan fingerprint density at radius 3 is 3.00 bits per heavy atom. The zero-order valence-electron chi connectivity index (χ0n) is 9.67. The van der Waals surface area contributed by atoms with Crippen molar-refractivity contribution in [3.63, 3.8) is 0 Å². The van der Waals surface area contributed by atoms with Crippen molar-refractivity contribution in [2.75, 3.05) is 11.9 Å². The number of nitrogens with zero attached hydrogens (tertiary/aromatic N) is 4. The van der Waals surface area contributed by atoms with Gasteiger partial charge in [-0.15, -0.1) is 10.2 Å². The number of thioether (sulfide) groups is 1. The van der Waals surface area contributed by atoms with Crippen LogP contribution in [0.1, 0.15) is 18.4 Å². The smallest absolute Gasteiger partial charge is 0.174 e. The second-order valence-corrected chi connectivity index (χ2v) is 5.39. The van der Waals surface area contributed by atoms with Gasteiger partial charge in [-0.3, -0.25) is 0 Å². The summed E-state index contributed by atoms with van der Waals surface area (Å²) in [5, 5.41) is 11.0. The second-order valence-electron chi connectivity index (χ2n) is 3.33. The maximum atomic E-state index is 4.44. The number of hydrogen-bond acceptors (Lipinski definition) is 7. The third-order valence-electron chi connectivity index (χ3n) is 1.92. The Bertz CT molecular complexity index is 472. The molecule has 0 aliphatic carbocycles. The summed E-state index contributed by atoms with van der Waals surface area (Å²) in [4.78, 5) is 8.84. The molecular weight excluding hydrogens is 254 g/mol. The maximum Gasteiger partial charge on any atom is 0.174 e. The summed E-state index contributed by atoms with van der Waals surface area (Å²) in [6.07, 6.45) is 0. The standard InChI is InChI=1S/C10H13N5S2/c1-3-11-8-4-7(2)13-9(14-8)5-16-10-15-12-6-17-10/h4,6H,3,5H2,1-2H3,(H,11,13,14). The van der Waals surface area contributed by atoms with Crippen molar-refractivity contribution in [2.45, 2.75) is 23.9 Å². The summed E-state index contributed by atoms with van der Waals surface area (Å²) in [5.41, 5.74) is 2.70. The van der Waals surface area contributed by atoms with Crippen LogP contribution in [0.15, 0.2) is 15.9 Å². The zero-order valence-corrected chi connectivity index (χ0v) is 11.3. The molecule has 0 radical (unpaired) electrons. The Morgan fingerprint density at radius 1 is 1.41 bits per heavy atom. The van der Waals surface area contributed by atoms with E-state index >= 15 is 0 Å². The van der Waals surface area contributed by atoms with E-state index in [1.54, 1.807) is 17.3 Å². The molecule has 2 aromatic rings. The van der Waals surface area contributed by atoms with E-state index in [1.807, 2.05) is 19.9 Å². The molecule has 0 bridgehead atoms. The first-order chi connectivity index (χ1) is 8.28. The minimum atomic E-state index is 0.718. The van der Waals surface area contributed by atoms with Crippen LogP contribution in [-0.2, 0) is 5.75 Å². The highest BCUT2D eigenvalue weighted by Gasteiger charge is 2.04. The number of nitrogens with one attached hydrogen (secondary N) is 1. The van der Waals surface area contributed by atoms with E-state index in [9.17, 15) is 0 Å². The van der Waals surface area contributed by atoms with Gasteiger partial charge in [0.15, 0.2) is 4.34 Å². The first kappa shape index (κ1) is 12.3. The molecule has 0 saturated heterocycles. The van der Waals surface area contributed by atoms with Crippen molar-refractivity contribution in [1.29, 1.82) is 0 Å². The van der Waals surface area contributed by atoms with E-state index < -0.39 is 0 Å². The van der Waals surface area contributed by atoms with E-state index in [1.165, 1.54) is 11.3 Å². The molecule has 0 aliphatic heterocycles. The lowest BCUT2D eigenvalue weighted by Gasteiger charge is -2.05. The van der Waals surface area contributed by atoms with E-state index in [0.29, 0.717) is 0 Å². The summed E-state index contributed by atoms with van der Waals surface area (Å²) in [6.45, 7) is 4.88. The molecule has 0 fully saturated rings. The van der Waals surface area contributed by atoms with Crippen LogP contribution in [0.4, 0.5) is 5.82 Å². The van der Waals surface area contributed by atoms with Crippen molar-refractivity contribution >= 4 is 28.9 Å². The molecule has 5 nitrogen and oxygen atoms in total. The molecule has 0 unspecified atom stereocenters. The minimum Gasteiger partial charge on any atom is -0.370 e. The topological polar surface area (TPSA) is 63.6 Å². The fourth-order valence-electron chi connectivity index (χ4n) is 1.32. The molecule has 7 heteroatoms. The molecule has 0 amide bonds. The zero-order chi connectivity index (χ0) is 12.1. The molecule has 2 heterocycles. The molecule has 90 valence electrons. The lowest BCUT2D eigenvalue weighted by Crippen LogP contribution is -2.04. The highest BCUT2D eigenvalue weighted by molar-refractivity contribution is 8.00. The monoisotopic (exact) mass is 267 g/mol. The number of rotatable bonds is 5. The highest BCUT2D eigenvalue weighted by Crippen LogP contribution is 2.22. The quantitative estimate of drug-likeness (QED) is 0.839. The highest BCUT2D eigenvalue weighted by atomic mass is 32.2. The molecular formula is C10H13N5S2. The summed E-state index contributed by atoms with van der Waals surface area (Å²) in [7, 11) is 0. The van der Waals surface area contributed by atoms with Crippen LogP contribution in [0.3, 0.4) is 0 Å². The lowest BCUT2D eigenvalue weighted by atomic mass is 10.4. The average molecular weight is 267 g/mol. The predicted octanol–water partition coefficient (Wildman–Crippen LogP) is 2.36. The average Bonchev–Trinajstić information content (AvgIpc) is 2.79. The molecule has 0 saturated carbocycles. The fourth-order valence-corrected chi connectivity index (χ4v) is 2.66. The van der Waals surface area contributed by atoms with Crippen LogP contribution < -0.4 is 5.32 Å². The van der Waals surface area contributed by atoms with E-state index in [2.05, 4.69) is 25.5 Å². The summed E-state index contributed by atoms with van der Waals surface area (Å²) in [5.74, 6) is 2.42. The van der Waals surface area contributed by atoms with E-state index in [0.717, 1.165) is 34.0 Å². The molecule has 17 heavy (non-hydrogen) atoms. The molecule has 2 aromatic heterocycles.